The minimum Gasteiger partial charge on any atom is -0.493 e. The first-order valence-electron chi connectivity index (χ1n) is 6.76. The van der Waals surface area contributed by atoms with E-state index in [1.54, 1.807) is 0 Å². The number of carbonyl (C=O) groups is 3. The van der Waals surface area contributed by atoms with E-state index in [0.717, 1.165) is 0 Å². The maximum atomic E-state index is 12.0. The molecule has 21 heavy (non-hydrogen) atoms. The smallest absolute Gasteiger partial charge is 0.377 e. The topological polar surface area (TPSA) is 108 Å². The number of primary amides is 1. The summed E-state index contributed by atoms with van der Waals surface area (Å²) in [5, 5.41) is 0. The van der Waals surface area contributed by atoms with Gasteiger partial charge in [-0.3, -0.25) is 9.59 Å². The molecule has 2 N–H and O–H groups in total. The second-order valence-electron chi connectivity index (χ2n) is 4.86. The maximum absolute atomic E-state index is 12.0. The lowest BCUT2D eigenvalue weighted by atomic mass is 9.97. The Labute approximate surface area is 121 Å². The van der Waals surface area contributed by atoms with Crippen LogP contribution in [0.3, 0.4) is 0 Å². The molecule has 1 fully saturated rings. The van der Waals surface area contributed by atoms with Gasteiger partial charge in [-0.05, 0) is 12.8 Å². The van der Waals surface area contributed by atoms with Gasteiger partial charge in [0.25, 0.3) is 5.91 Å². The third kappa shape index (κ3) is 4.11. The summed E-state index contributed by atoms with van der Waals surface area (Å²) in [6.07, 6.45) is 2.55. The van der Waals surface area contributed by atoms with Crippen LogP contribution in [-0.2, 0) is 28.6 Å². The second kappa shape index (κ2) is 6.96. The minimum absolute atomic E-state index is 0.0530. The first kappa shape index (κ1) is 15.1. The van der Waals surface area contributed by atoms with E-state index in [0.29, 0.717) is 26.0 Å². The van der Waals surface area contributed by atoms with Crippen LogP contribution in [-0.4, -0.2) is 55.6 Å². The zero-order valence-corrected chi connectivity index (χ0v) is 11.6. The van der Waals surface area contributed by atoms with E-state index >= 15 is 0 Å². The lowest BCUT2D eigenvalue weighted by Crippen LogP contribution is -2.45. The van der Waals surface area contributed by atoms with Gasteiger partial charge in [-0.25, -0.2) is 4.79 Å². The molecule has 2 aliphatic rings. The lowest BCUT2D eigenvalue weighted by Gasteiger charge is -2.31. The van der Waals surface area contributed by atoms with Crippen molar-refractivity contribution in [3.05, 3.63) is 12.0 Å². The molecule has 0 bridgehead atoms. The van der Waals surface area contributed by atoms with Gasteiger partial charge in [0.1, 0.15) is 19.5 Å². The van der Waals surface area contributed by atoms with E-state index in [1.165, 1.54) is 11.2 Å². The molecular formula is C13H18N2O6. The third-order valence-corrected chi connectivity index (χ3v) is 3.35. The number of carbonyl (C=O) groups excluding carboxylic acids is 3. The van der Waals surface area contributed by atoms with Gasteiger partial charge < -0.3 is 24.8 Å². The van der Waals surface area contributed by atoms with Crippen molar-refractivity contribution in [3.63, 3.8) is 0 Å². The molecule has 0 saturated carbocycles. The number of hydrogen-bond acceptors (Lipinski definition) is 6. The highest BCUT2D eigenvalue weighted by Gasteiger charge is 2.28. The second-order valence-corrected chi connectivity index (χ2v) is 4.86. The molecular weight excluding hydrogens is 280 g/mol. The van der Waals surface area contributed by atoms with Gasteiger partial charge in [0.2, 0.25) is 11.7 Å². The normalized spacial score (nSPS) is 21.6. The van der Waals surface area contributed by atoms with Crippen LogP contribution in [0.5, 0.6) is 0 Å². The van der Waals surface area contributed by atoms with Crippen molar-refractivity contribution in [2.24, 2.45) is 11.7 Å². The number of likely N-dealkylation sites (tertiary alicyclic amines) is 1. The standard InChI is InChI=1S/C13H18N2O6/c14-12(17)9-2-1-3-15(6-9)11(16)8-21-13(18)10-7-19-4-5-20-10/h7,9H,1-6,8H2,(H2,14,17)/t9-/m1/s1. The van der Waals surface area contributed by atoms with Crippen LogP contribution in [0.2, 0.25) is 0 Å². The molecule has 0 unspecified atom stereocenters. The molecule has 2 aliphatic heterocycles. The highest BCUT2D eigenvalue weighted by Crippen LogP contribution is 2.16. The molecule has 1 saturated heterocycles. The Morgan fingerprint density at radius 1 is 1.38 bits per heavy atom. The van der Waals surface area contributed by atoms with Crippen LogP contribution in [0.25, 0.3) is 0 Å². The van der Waals surface area contributed by atoms with E-state index in [4.69, 9.17) is 19.9 Å². The number of piperidine rings is 1. The molecule has 0 aliphatic carbocycles. The van der Waals surface area contributed by atoms with Crippen LogP contribution < -0.4 is 5.73 Å². The Balaban J connectivity index is 1.80. The molecule has 2 amide bonds. The van der Waals surface area contributed by atoms with Gasteiger partial charge in [0.15, 0.2) is 6.61 Å². The Morgan fingerprint density at radius 3 is 2.86 bits per heavy atom. The van der Waals surface area contributed by atoms with Crippen molar-refractivity contribution in [2.45, 2.75) is 12.8 Å². The highest BCUT2D eigenvalue weighted by molar-refractivity contribution is 5.88. The summed E-state index contributed by atoms with van der Waals surface area (Å²) in [5.41, 5.74) is 5.25. The number of rotatable bonds is 4. The Bertz CT molecular complexity index is 462. The molecule has 0 aromatic rings. The third-order valence-electron chi connectivity index (χ3n) is 3.35. The monoisotopic (exact) mass is 298 g/mol. The first-order chi connectivity index (χ1) is 10.1. The summed E-state index contributed by atoms with van der Waals surface area (Å²) in [7, 11) is 0. The van der Waals surface area contributed by atoms with Crippen molar-refractivity contribution in [2.75, 3.05) is 32.9 Å². The Hall–Kier alpha value is -2.25. The van der Waals surface area contributed by atoms with Gasteiger partial charge in [-0.2, -0.15) is 0 Å². The van der Waals surface area contributed by atoms with Crippen molar-refractivity contribution in [3.8, 4) is 0 Å². The molecule has 1 atom stereocenters. The molecule has 2 rings (SSSR count). The van der Waals surface area contributed by atoms with Gasteiger partial charge in [0.05, 0.1) is 5.92 Å². The fraction of sp³-hybridized carbons (Fsp3) is 0.615. The van der Waals surface area contributed by atoms with Crippen LogP contribution in [0.1, 0.15) is 12.8 Å². The minimum atomic E-state index is -0.744. The SMILES string of the molecule is NC(=O)[C@@H]1CCCN(C(=O)COC(=O)C2=COCCO2)C1. The van der Waals surface area contributed by atoms with Crippen LogP contribution in [0, 0.1) is 5.92 Å². The van der Waals surface area contributed by atoms with Gasteiger partial charge in [-0.1, -0.05) is 0 Å². The van der Waals surface area contributed by atoms with Crippen LogP contribution in [0.4, 0.5) is 0 Å². The van der Waals surface area contributed by atoms with Crippen LogP contribution in [0.15, 0.2) is 12.0 Å². The number of hydrogen-bond donors (Lipinski definition) is 1. The van der Waals surface area contributed by atoms with Gasteiger partial charge in [-0.15, -0.1) is 0 Å². The molecule has 0 radical (unpaired) electrons. The zero-order valence-electron chi connectivity index (χ0n) is 11.6. The molecule has 8 nitrogen and oxygen atoms in total. The fourth-order valence-corrected chi connectivity index (χ4v) is 2.20. The largest absolute Gasteiger partial charge is 0.493 e. The van der Waals surface area contributed by atoms with Crippen molar-refractivity contribution in [1.29, 1.82) is 0 Å². The summed E-state index contributed by atoms with van der Waals surface area (Å²) in [6, 6.07) is 0. The summed E-state index contributed by atoms with van der Waals surface area (Å²) < 4.78 is 14.8. The predicted octanol–water partition coefficient (Wildman–Crippen LogP) is -0.858. The molecule has 116 valence electrons. The van der Waals surface area contributed by atoms with E-state index in [2.05, 4.69) is 0 Å². The van der Waals surface area contributed by atoms with Crippen molar-refractivity contribution >= 4 is 17.8 Å². The molecule has 0 aromatic carbocycles. The summed E-state index contributed by atoms with van der Waals surface area (Å²) in [4.78, 5) is 36.2. The van der Waals surface area contributed by atoms with Crippen molar-refractivity contribution in [1.82, 2.24) is 4.90 Å². The first-order valence-corrected chi connectivity index (χ1v) is 6.76. The summed E-state index contributed by atoms with van der Waals surface area (Å²) in [5.74, 6) is -1.90. The molecule has 0 spiro atoms. The average Bonchev–Trinajstić information content (AvgIpc) is 2.53. The Morgan fingerprint density at radius 2 is 2.19 bits per heavy atom. The van der Waals surface area contributed by atoms with Crippen molar-refractivity contribution < 1.29 is 28.6 Å². The van der Waals surface area contributed by atoms with Gasteiger partial charge in [0, 0.05) is 13.1 Å². The predicted molar refractivity (Wildman–Crippen MR) is 69.4 cm³/mol. The lowest BCUT2D eigenvalue weighted by molar-refractivity contribution is -0.153. The number of ether oxygens (including phenoxy) is 3. The summed E-state index contributed by atoms with van der Waals surface area (Å²) in [6.45, 7) is 1.04. The van der Waals surface area contributed by atoms with E-state index < -0.39 is 18.5 Å². The average molecular weight is 298 g/mol. The Kier molecular flexibility index (Phi) is 5.02. The number of nitrogens with zero attached hydrogens (tertiary/aromatic N) is 1. The van der Waals surface area contributed by atoms with Crippen LogP contribution >= 0.6 is 0 Å². The molecule has 0 aromatic heterocycles. The van der Waals surface area contributed by atoms with Gasteiger partial charge >= 0.3 is 5.97 Å². The molecule has 8 heteroatoms. The fourth-order valence-electron chi connectivity index (χ4n) is 2.20. The zero-order chi connectivity index (χ0) is 15.2. The van der Waals surface area contributed by atoms with E-state index in [1.807, 2.05) is 0 Å². The molecule has 2 heterocycles. The maximum Gasteiger partial charge on any atom is 0.377 e. The number of nitrogens with two attached hydrogens (primary N) is 1. The number of esters is 1. The highest BCUT2D eigenvalue weighted by atomic mass is 16.6. The quantitative estimate of drug-likeness (QED) is 0.677. The number of amides is 2. The van der Waals surface area contributed by atoms with E-state index in [-0.39, 0.29) is 30.7 Å². The summed E-state index contributed by atoms with van der Waals surface area (Å²) >= 11 is 0. The van der Waals surface area contributed by atoms with E-state index in [9.17, 15) is 14.4 Å².